The number of thiocarbonyl (C=S) groups is 3. The summed E-state index contributed by atoms with van der Waals surface area (Å²) < 4.78 is 0. The fourth-order valence-electron chi connectivity index (χ4n) is 5.66. The van der Waals surface area contributed by atoms with Gasteiger partial charge in [-0.2, -0.15) is 0 Å². The minimum Gasteiger partial charge on any atom is -0.322 e. The van der Waals surface area contributed by atoms with Crippen molar-refractivity contribution in [3.05, 3.63) is 46.5 Å². The van der Waals surface area contributed by atoms with Crippen LogP contribution in [0.2, 0.25) is 0 Å². The average Bonchev–Trinajstić information content (AvgIpc) is 2.89. The molecule has 4 rings (SSSR count). The molecule has 1 amide bonds. The Morgan fingerprint density at radius 2 is 1.03 bits per heavy atom. The third kappa shape index (κ3) is 4.89. The van der Waals surface area contributed by atoms with Crippen LogP contribution < -0.4 is 0 Å². The predicted octanol–water partition coefficient (Wildman–Crippen LogP) is 8.07. The highest BCUT2D eigenvalue weighted by Crippen LogP contribution is 2.39. The minimum absolute atomic E-state index is 0.0102. The highest BCUT2D eigenvalue weighted by Gasteiger charge is 2.36. The van der Waals surface area contributed by atoms with E-state index in [1.54, 1.807) is 0 Å². The highest BCUT2D eigenvalue weighted by molar-refractivity contribution is 7.82. The van der Waals surface area contributed by atoms with Gasteiger partial charge in [0, 0.05) is 46.1 Å². The summed E-state index contributed by atoms with van der Waals surface area (Å²) in [5.41, 5.74) is 3.67. The van der Waals surface area contributed by atoms with Crippen LogP contribution in [0.5, 0.6) is 0 Å². The zero-order chi connectivity index (χ0) is 26.0. The Morgan fingerprint density at radius 3 is 1.47 bits per heavy atom. The van der Waals surface area contributed by atoms with Gasteiger partial charge in [-0.15, -0.1) is 0 Å². The van der Waals surface area contributed by atoms with E-state index in [9.17, 15) is 4.79 Å². The first kappa shape index (κ1) is 27.3. The van der Waals surface area contributed by atoms with Gasteiger partial charge < -0.3 is 4.90 Å². The Hall–Kier alpha value is -1.76. The number of benzene rings is 2. The number of hydrogen-bond acceptors (Lipinski definition) is 4. The van der Waals surface area contributed by atoms with Crippen LogP contribution in [0.3, 0.4) is 0 Å². The molecule has 2 unspecified atom stereocenters. The van der Waals surface area contributed by atoms with E-state index in [1.807, 2.05) is 17.0 Å². The Bertz CT molecular complexity index is 1040. The second-order valence-corrected chi connectivity index (χ2v) is 11.5. The Balaban J connectivity index is 1.72. The lowest BCUT2D eigenvalue weighted by Crippen LogP contribution is -2.44. The van der Waals surface area contributed by atoms with E-state index in [1.165, 1.54) is 25.7 Å². The molecular weight excluding hydrogens is 501 g/mol. The van der Waals surface area contributed by atoms with Gasteiger partial charge in [0.15, 0.2) is 0 Å². The Kier molecular flexibility index (Phi) is 8.90. The van der Waals surface area contributed by atoms with Gasteiger partial charge in [-0.3, -0.25) is 9.69 Å². The van der Waals surface area contributed by atoms with Gasteiger partial charge in [-0.05, 0) is 30.7 Å². The number of rotatable bonds is 12. The lowest BCUT2D eigenvalue weighted by molar-refractivity contribution is 0.0830. The van der Waals surface area contributed by atoms with Crippen molar-refractivity contribution >= 4 is 68.3 Å². The van der Waals surface area contributed by atoms with Gasteiger partial charge in [0.05, 0.1) is 0 Å². The molecule has 3 nitrogen and oxygen atoms in total. The van der Waals surface area contributed by atoms with Crippen LogP contribution in [0.15, 0.2) is 24.3 Å². The summed E-state index contributed by atoms with van der Waals surface area (Å²) in [7, 11) is 0. The third-order valence-electron chi connectivity index (χ3n) is 8.03. The van der Waals surface area contributed by atoms with Gasteiger partial charge in [0.1, 0.15) is 15.0 Å². The zero-order valence-corrected chi connectivity index (χ0v) is 24.5. The van der Waals surface area contributed by atoms with Crippen LogP contribution in [-0.4, -0.2) is 43.8 Å². The molecule has 2 aliphatic rings. The quantitative estimate of drug-likeness (QED) is 0.254. The summed E-state index contributed by atoms with van der Waals surface area (Å²) in [6.07, 6.45) is 9.21. The largest absolute Gasteiger partial charge is 0.322 e. The van der Waals surface area contributed by atoms with Crippen molar-refractivity contribution in [1.82, 2.24) is 9.80 Å². The van der Waals surface area contributed by atoms with E-state index in [0.29, 0.717) is 23.4 Å². The second-order valence-electron chi connectivity index (χ2n) is 10.3. The van der Waals surface area contributed by atoms with Gasteiger partial charge in [0.2, 0.25) is 0 Å². The molecule has 0 saturated heterocycles. The van der Waals surface area contributed by atoms with E-state index in [-0.39, 0.29) is 5.91 Å². The van der Waals surface area contributed by atoms with Crippen LogP contribution in [0.1, 0.15) is 106 Å². The summed E-state index contributed by atoms with van der Waals surface area (Å²) in [6, 6.07) is 8.17. The monoisotopic (exact) mass is 538 g/mol. The normalized spacial score (nSPS) is 16.8. The maximum Gasteiger partial charge on any atom is 0.259 e. The van der Waals surface area contributed by atoms with Crippen LogP contribution in [-0.2, 0) is 0 Å². The number of carbonyl (C=O) groups excluding carboxylic acids is 1. The summed E-state index contributed by atoms with van der Waals surface area (Å²) in [5.74, 6) is 1.02. The second kappa shape index (κ2) is 11.7. The van der Waals surface area contributed by atoms with Crippen molar-refractivity contribution in [2.45, 2.75) is 79.1 Å². The summed E-state index contributed by atoms with van der Waals surface area (Å²) in [5, 5.41) is 1.94. The molecule has 2 heterocycles. The van der Waals surface area contributed by atoms with Crippen molar-refractivity contribution in [2.24, 2.45) is 11.8 Å². The molecular formula is C30H38N2OS3. The molecule has 0 aliphatic carbocycles. The number of carbonyl (C=O) groups is 1. The predicted molar refractivity (Wildman–Crippen MR) is 163 cm³/mol. The molecule has 0 N–H and O–H groups in total. The van der Waals surface area contributed by atoms with Crippen molar-refractivity contribution in [3.63, 3.8) is 0 Å². The van der Waals surface area contributed by atoms with Gasteiger partial charge >= 0.3 is 0 Å². The lowest BCUT2D eigenvalue weighted by Gasteiger charge is -2.37. The van der Waals surface area contributed by atoms with Gasteiger partial charge in [-0.25, -0.2) is 0 Å². The molecule has 2 atom stereocenters. The SMILES string of the molecule is CCCCC(CC)CN1C(=O)c2ccc3c4c(ccc(c24)C1=S)C(=S)N(CC(CC)CCCC)C3=S. The number of nitrogens with zero attached hydrogens (tertiary/aromatic N) is 2. The van der Waals surface area contributed by atoms with Crippen molar-refractivity contribution in [3.8, 4) is 0 Å². The summed E-state index contributed by atoms with van der Waals surface area (Å²) in [4.78, 5) is 19.9. The van der Waals surface area contributed by atoms with Crippen LogP contribution in [0, 0.1) is 11.8 Å². The van der Waals surface area contributed by atoms with Gasteiger partial charge in [0.25, 0.3) is 5.91 Å². The topological polar surface area (TPSA) is 23.6 Å². The Morgan fingerprint density at radius 1 is 0.639 bits per heavy atom. The third-order valence-corrected chi connectivity index (χ3v) is 9.35. The van der Waals surface area contributed by atoms with E-state index in [0.717, 1.165) is 75.2 Å². The lowest BCUT2D eigenvalue weighted by atomic mass is 9.85. The summed E-state index contributed by atoms with van der Waals surface area (Å²) >= 11 is 18.0. The first-order chi connectivity index (χ1) is 17.4. The molecule has 2 aromatic rings. The van der Waals surface area contributed by atoms with Crippen LogP contribution >= 0.6 is 36.7 Å². The molecule has 0 radical (unpaired) electrons. The molecule has 0 aromatic heterocycles. The van der Waals surface area contributed by atoms with Gasteiger partial charge in [-0.1, -0.05) is 121 Å². The zero-order valence-electron chi connectivity index (χ0n) is 22.1. The fourth-order valence-corrected chi connectivity index (χ4v) is 6.71. The molecule has 192 valence electrons. The fraction of sp³-hybridized carbons (Fsp3) is 0.533. The molecule has 0 saturated carbocycles. The molecule has 6 heteroatoms. The standard InChI is InChI=1S/C30H38N2OS3/c1-5-9-11-19(7-3)17-31-27(33)21-13-14-23-26-24(16-15-22(25(21)26)28(31)34)30(36)32(29(23)35)18-20(8-4)12-10-6-2/h13-16,19-20H,5-12,17-18H2,1-4H3. The van der Waals surface area contributed by atoms with Crippen molar-refractivity contribution < 1.29 is 4.79 Å². The highest BCUT2D eigenvalue weighted by atomic mass is 32.1. The molecule has 2 aromatic carbocycles. The van der Waals surface area contributed by atoms with Crippen molar-refractivity contribution in [2.75, 3.05) is 13.1 Å². The number of unbranched alkanes of at least 4 members (excludes halogenated alkanes) is 2. The van der Waals surface area contributed by atoms with E-state index >= 15 is 0 Å². The van der Waals surface area contributed by atoms with Crippen LogP contribution in [0.25, 0.3) is 10.8 Å². The first-order valence-corrected chi connectivity index (χ1v) is 14.9. The van der Waals surface area contributed by atoms with Crippen molar-refractivity contribution in [1.29, 1.82) is 0 Å². The van der Waals surface area contributed by atoms with Crippen LogP contribution in [0.4, 0.5) is 0 Å². The summed E-state index contributed by atoms with van der Waals surface area (Å²) in [6.45, 7) is 10.4. The first-order valence-electron chi connectivity index (χ1n) is 13.7. The maximum absolute atomic E-state index is 13.7. The van der Waals surface area contributed by atoms with E-state index in [4.69, 9.17) is 36.7 Å². The van der Waals surface area contributed by atoms with E-state index < -0.39 is 0 Å². The smallest absolute Gasteiger partial charge is 0.259 e. The molecule has 0 fully saturated rings. The molecule has 0 spiro atoms. The van der Waals surface area contributed by atoms with E-state index in [2.05, 4.69) is 44.7 Å². The minimum atomic E-state index is 0.0102. The number of hydrogen-bond donors (Lipinski definition) is 0. The Labute approximate surface area is 232 Å². The maximum atomic E-state index is 13.7. The molecule has 2 aliphatic heterocycles. The molecule has 0 bridgehead atoms. The number of amides is 1. The average molecular weight is 539 g/mol. The molecule has 36 heavy (non-hydrogen) atoms.